The topological polar surface area (TPSA) is 70.1 Å². The minimum atomic E-state index is -0.852. The van der Waals surface area contributed by atoms with Gasteiger partial charge in [-0.15, -0.1) is 0 Å². The van der Waals surface area contributed by atoms with Crippen molar-refractivity contribution >= 4 is 5.78 Å². The predicted octanol–water partition coefficient (Wildman–Crippen LogP) is 0.811. The Morgan fingerprint density at radius 3 is 2.47 bits per heavy atom. The molecule has 1 saturated carbocycles. The number of allylic oxidation sites excluding steroid dienone is 1. The minimum Gasteiger partial charge on any atom is -0.390 e. The van der Waals surface area contributed by atoms with Crippen LogP contribution in [0, 0.1) is 5.41 Å². The SMILES string of the molecule is CC(=O)/C=C/C12OC1(C)CC(O)C(O)C2(C)C. The number of carbonyl (C=O) groups excluding carboxylic acids is 1. The van der Waals surface area contributed by atoms with Crippen LogP contribution in [0.4, 0.5) is 0 Å². The summed E-state index contributed by atoms with van der Waals surface area (Å²) in [5.74, 6) is -0.0476. The highest BCUT2D eigenvalue weighted by atomic mass is 16.6. The molecule has 0 radical (unpaired) electrons. The van der Waals surface area contributed by atoms with E-state index in [2.05, 4.69) is 0 Å². The molecule has 0 aromatic heterocycles. The molecular weight excluding hydrogens is 220 g/mol. The Kier molecular flexibility index (Phi) is 2.55. The van der Waals surface area contributed by atoms with Gasteiger partial charge in [0.05, 0.1) is 12.2 Å². The normalized spacial score (nSPS) is 47.9. The molecule has 2 rings (SSSR count). The fraction of sp³-hybridized carbons (Fsp3) is 0.769. The summed E-state index contributed by atoms with van der Waals surface area (Å²) in [5.41, 5.74) is -1.75. The summed E-state index contributed by atoms with van der Waals surface area (Å²) in [4.78, 5) is 11.1. The van der Waals surface area contributed by atoms with Crippen molar-refractivity contribution in [3.8, 4) is 0 Å². The van der Waals surface area contributed by atoms with Gasteiger partial charge in [0.2, 0.25) is 0 Å². The maximum Gasteiger partial charge on any atom is 0.152 e. The highest BCUT2D eigenvalue weighted by molar-refractivity contribution is 5.87. The first kappa shape index (κ1) is 12.7. The van der Waals surface area contributed by atoms with E-state index in [4.69, 9.17) is 4.74 Å². The van der Waals surface area contributed by atoms with Crippen LogP contribution < -0.4 is 0 Å². The van der Waals surface area contributed by atoms with Gasteiger partial charge < -0.3 is 14.9 Å². The Bertz CT molecular complexity index is 387. The van der Waals surface area contributed by atoms with Gasteiger partial charge in [-0.25, -0.2) is 0 Å². The summed E-state index contributed by atoms with van der Waals surface area (Å²) >= 11 is 0. The zero-order valence-corrected chi connectivity index (χ0v) is 10.7. The summed E-state index contributed by atoms with van der Waals surface area (Å²) in [6, 6.07) is 0. The van der Waals surface area contributed by atoms with Crippen LogP contribution in [0.25, 0.3) is 0 Å². The summed E-state index contributed by atoms with van der Waals surface area (Å²) in [7, 11) is 0. The largest absolute Gasteiger partial charge is 0.390 e. The lowest BCUT2D eigenvalue weighted by Crippen LogP contribution is -2.56. The number of hydrogen-bond acceptors (Lipinski definition) is 4. The van der Waals surface area contributed by atoms with Crippen molar-refractivity contribution in [2.45, 2.75) is 57.5 Å². The van der Waals surface area contributed by atoms with E-state index < -0.39 is 28.8 Å². The molecule has 0 amide bonds. The van der Waals surface area contributed by atoms with Crippen molar-refractivity contribution in [1.29, 1.82) is 0 Å². The highest BCUT2D eigenvalue weighted by Crippen LogP contribution is 2.65. The number of carbonyl (C=O) groups is 1. The number of aliphatic hydroxyl groups excluding tert-OH is 2. The fourth-order valence-corrected chi connectivity index (χ4v) is 3.21. The van der Waals surface area contributed by atoms with Crippen molar-refractivity contribution in [1.82, 2.24) is 0 Å². The number of fused-ring (bicyclic) bond motifs is 1. The molecule has 1 heterocycles. The molecule has 0 aromatic rings. The quantitative estimate of drug-likeness (QED) is 0.553. The van der Waals surface area contributed by atoms with E-state index in [1.807, 2.05) is 20.8 Å². The van der Waals surface area contributed by atoms with Crippen LogP contribution in [0.2, 0.25) is 0 Å². The lowest BCUT2D eigenvalue weighted by molar-refractivity contribution is -0.112. The first-order valence-corrected chi connectivity index (χ1v) is 5.92. The number of ketones is 1. The van der Waals surface area contributed by atoms with Gasteiger partial charge in [0.25, 0.3) is 0 Å². The molecule has 4 atom stereocenters. The third kappa shape index (κ3) is 1.51. The molecule has 0 aromatic carbocycles. The highest BCUT2D eigenvalue weighted by Gasteiger charge is 2.77. The Morgan fingerprint density at radius 1 is 1.35 bits per heavy atom. The molecule has 2 N–H and O–H groups in total. The van der Waals surface area contributed by atoms with Crippen molar-refractivity contribution in [3.63, 3.8) is 0 Å². The molecule has 2 aliphatic rings. The lowest BCUT2D eigenvalue weighted by Gasteiger charge is -2.43. The minimum absolute atomic E-state index is 0.0476. The second kappa shape index (κ2) is 3.40. The van der Waals surface area contributed by atoms with E-state index in [1.165, 1.54) is 13.0 Å². The molecule has 0 spiro atoms. The molecular formula is C13H20O4. The van der Waals surface area contributed by atoms with E-state index in [-0.39, 0.29) is 5.78 Å². The maximum atomic E-state index is 11.1. The zero-order valence-electron chi connectivity index (χ0n) is 10.7. The van der Waals surface area contributed by atoms with Crippen LogP contribution in [0.5, 0.6) is 0 Å². The molecule has 4 unspecified atom stereocenters. The summed E-state index contributed by atoms with van der Waals surface area (Å²) in [5, 5.41) is 19.9. The van der Waals surface area contributed by atoms with Gasteiger partial charge in [-0.05, 0) is 26.0 Å². The number of rotatable bonds is 2. The number of aliphatic hydroxyl groups is 2. The average Bonchev–Trinajstić information content (AvgIpc) is 2.80. The molecule has 0 bridgehead atoms. The van der Waals surface area contributed by atoms with Gasteiger partial charge in [0.1, 0.15) is 11.2 Å². The summed E-state index contributed by atoms with van der Waals surface area (Å²) < 4.78 is 5.80. The standard InChI is InChI=1S/C13H20O4/c1-8(14)5-6-13-11(2,3)10(16)9(15)7-12(13,4)17-13/h5-6,9-10,15-16H,7H2,1-4H3/b6-5+. The van der Waals surface area contributed by atoms with Crippen molar-refractivity contribution in [2.75, 3.05) is 0 Å². The fourth-order valence-electron chi connectivity index (χ4n) is 3.21. The predicted molar refractivity (Wildman–Crippen MR) is 62.5 cm³/mol. The average molecular weight is 240 g/mol. The Hall–Kier alpha value is -0.710. The van der Waals surface area contributed by atoms with Crippen molar-refractivity contribution in [3.05, 3.63) is 12.2 Å². The number of hydrogen-bond donors (Lipinski definition) is 2. The second-order valence-electron chi connectivity index (χ2n) is 5.95. The third-order valence-corrected chi connectivity index (χ3v) is 4.34. The molecule has 1 aliphatic heterocycles. The number of epoxide rings is 1. The molecule has 1 saturated heterocycles. The monoisotopic (exact) mass is 240 g/mol. The van der Waals surface area contributed by atoms with Crippen molar-refractivity contribution < 1.29 is 19.7 Å². The maximum absolute atomic E-state index is 11.1. The number of ether oxygens (including phenoxy) is 1. The van der Waals surface area contributed by atoms with E-state index in [0.717, 1.165) is 0 Å². The van der Waals surface area contributed by atoms with Crippen LogP contribution in [-0.4, -0.2) is 39.4 Å². The van der Waals surface area contributed by atoms with Crippen LogP contribution in [0.1, 0.15) is 34.1 Å². The van der Waals surface area contributed by atoms with Gasteiger partial charge in [-0.1, -0.05) is 13.8 Å². The molecule has 2 fully saturated rings. The second-order valence-corrected chi connectivity index (χ2v) is 5.95. The first-order valence-electron chi connectivity index (χ1n) is 5.92. The molecule has 96 valence electrons. The van der Waals surface area contributed by atoms with Crippen LogP contribution >= 0.6 is 0 Å². The molecule has 17 heavy (non-hydrogen) atoms. The van der Waals surface area contributed by atoms with Gasteiger partial charge in [0.15, 0.2) is 5.78 Å². The van der Waals surface area contributed by atoms with E-state index in [1.54, 1.807) is 6.08 Å². The van der Waals surface area contributed by atoms with Gasteiger partial charge in [0, 0.05) is 11.8 Å². The van der Waals surface area contributed by atoms with Crippen LogP contribution in [0.3, 0.4) is 0 Å². The molecule has 1 aliphatic carbocycles. The molecule has 4 heteroatoms. The van der Waals surface area contributed by atoms with E-state index in [9.17, 15) is 15.0 Å². The van der Waals surface area contributed by atoms with Crippen LogP contribution in [-0.2, 0) is 9.53 Å². The van der Waals surface area contributed by atoms with Gasteiger partial charge >= 0.3 is 0 Å². The third-order valence-electron chi connectivity index (χ3n) is 4.34. The lowest BCUT2D eigenvalue weighted by atomic mass is 9.61. The Balaban J connectivity index is 2.38. The summed E-state index contributed by atoms with van der Waals surface area (Å²) in [6.07, 6.45) is 1.98. The Morgan fingerprint density at radius 2 is 1.94 bits per heavy atom. The molecule has 4 nitrogen and oxygen atoms in total. The first-order chi connectivity index (χ1) is 7.66. The van der Waals surface area contributed by atoms with Crippen LogP contribution in [0.15, 0.2) is 12.2 Å². The van der Waals surface area contributed by atoms with Gasteiger partial charge in [-0.3, -0.25) is 4.79 Å². The Labute approximate surface area is 101 Å². The van der Waals surface area contributed by atoms with E-state index in [0.29, 0.717) is 6.42 Å². The summed E-state index contributed by atoms with van der Waals surface area (Å²) in [6.45, 7) is 7.10. The zero-order chi connectivity index (χ0) is 13.1. The van der Waals surface area contributed by atoms with Gasteiger partial charge in [-0.2, -0.15) is 0 Å². The smallest absolute Gasteiger partial charge is 0.152 e. The van der Waals surface area contributed by atoms with E-state index >= 15 is 0 Å². The van der Waals surface area contributed by atoms with Crippen molar-refractivity contribution in [2.24, 2.45) is 5.41 Å².